The van der Waals surface area contributed by atoms with Gasteiger partial charge in [-0.05, 0) is 23.8 Å². The van der Waals surface area contributed by atoms with Gasteiger partial charge in [0.2, 0.25) is 0 Å². The van der Waals surface area contributed by atoms with Gasteiger partial charge in [0.25, 0.3) is 0 Å². The standard InChI is InChI=1S/C15H33BrOSi.Mg.2H/c1-14(2)15(3,4)18-17-13-11-9-7-5-6-8-10-12-16;;;/h14H,5-13,18H2,1-4H3;;;/q;+2;2*-1. The van der Waals surface area contributed by atoms with Crippen LogP contribution in [0, 0.1) is 5.92 Å². The van der Waals surface area contributed by atoms with Crippen molar-refractivity contribution in [1.82, 2.24) is 0 Å². The van der Waals surface area contributed by atoms with Crippen LogP contribution in [0.3, 0.4) is 0 Å². The number of unbranched alkanes of at least 4 members (excludes halogenated alkanes) is 6. The largest absolute Gasteiger partial charge is 2.00 e. The second-order valence-electron chi connectivity index (χ2n) is 6.36. The third-order valence-electron chi connectivity index (χ3n) is 3.96. The van der Waals surface area contributed by atoms with E-state index in [-0.39, 0.29) is 35.7 Å². The van der Waals surface area contributed by atoms with Gasteiger partial charge < -0.3 is 7.28 Å². The zero-order valence-corrected chi connectivity index (χ0v) is 18.1. The maximum absolute atomic E-state index is 5.94. The molecule has 0 radical (unpaired) electrons. The third kappa shape index (κ3) is 14.1. The van der Waals surface area contributed by atoms with Crippen LogP contribution in [0.1, 0.15) is 75.5 Å². The molecule has 0 unspecified atom stereocenters. The first-order chi connectivity index (χ1) is 8.50. The van der Waals surface area contributed by atoms with Crippen LogP contribution in [0.2, 0.25) is 5.04 Å². The Hall–Kier alpha value is 1.42. The Balaban J connectivity index is -0.000000482. The summed E-state index contributed by atoms with van der Waals surface area (Å²) in [6.45, 7) is 10.3. The van der Waals surface area contributed by atoms with Crippen molar-refractivity contribution < 1.29 is 7.28 Å². The number of halogens is 1. The van der Waals surface area contributed by atoms with Crippen molar-refractivity contribution >= 4 is 48.7 Å². The summed E-state index contributed by atoms with van der Waals surface area (Å²) in [5.41, 5.74) is 0. The smallest absolute Gasteiger partial charge is 1.00 e. The summed E-state index contributed by atoms with van der Waals surface area (Å²) in [6.07, 6.45) is 9.53. The third-order valence-corrected chi connectivity index (χ3v) is 6.57. The van der Waals surface area contributed by atoms with Gasteiger partial charge in [-0.15, -0.1) is 0 Å². The molecule has 0 saturated heterocycles. The van der Waals surface area contributed by atoms with Crippen LogP contribution in [0.15, 0.2) is 0 Å². The van der Waals surface area contributed by atoms with Gasteiger partial charge in [0, 0.05) is 11.9 Å². The molecular weight excluding hydrogens is 328 g/mol. The SMILES string of the molecule is CC(C)C(C)(C)[SiH2]OCCCCCCCCCBr.[H-].[H-].[Mg+2]. The summed E-state index contributed by atoms with van der Waals surface area (Å²) in [7, 11) is -0.364. The molecule has 0 atom stereocenters. The summed E-state index contributed by atoms with van der Waals surface area (Å²) in [6, 6.07) is 0. The zero-order valence-electron chi connectivity index (χ0n) is 15.6. The average Bonchev–Trinajstić information content (AvgIpc) is 2.31. The van der Waals surface area contributed by atoms with Crippen LogP contribution in [-0.2, 0) is 4.43 Å². The summed E-state index contributed by atoms with van der Waals surface area (Å²) >= 11 is 3.47. The summed E-state index contributed by atoms with van der Waals surface area (Å²) in [5.74, 6) is 0.749. The van der Waals surface area contributed by atoms with Crippen molar-refractivity contribution in [3.05, 3.63) is 0 Å². The van der Waals surface area contributed by atoms with Crippen LogP contribution in [-0.4, -0.2) is 44.8 Å². The van der Waals surface area contributed by atoms with E-state index in [0.717, 1.165) is 17.9 Å². The van der Waals surface area contributed by atoms with E-state index in [1.54, 1.807) is 0 Å². The fourth-order valence-corrected chi connectivity index (χ4v) is 3.29. The summed E-state index contributed by atoms with van der Waals surface area (Å²) in [4.78, 5) is 0. The van der Waals surface area contributed by atoms with Gasteiger partial charge >= 0.3 is 23.1 Å². The van der Waals surface area contributed by atoms with E-state index in [2.05, 4.69) is 43.6 Å². The predicted molar refractivity (Wildman–Crippen MR) is 97.5 cm³/mol. The Labute approximate surface area is 151 Å². The average molecular weight is 364 g/mol. The van der Waals surface area contributed by atoms with Gasteiger partial charge in [-0.3, -0.25) is 0 Å². The van der Waals surface area contributed by atoms with E-state index in [0.29, 0.717) is 5.04 Å². The minimum atomic E-state index is -0.364. The molecule has 0 aromatic heterocycles. The van der Waals surface area contributed by atoms with Crippen LogP contribution in [0.4, 0.5) is 0 Å². The minimum absolute atomic E-state index is 0. The molecule has 0 amide bonds. The van der Waals surface area contributed by atoms with Gasteiger partial charge in [-0.2, -0.15) is 0 Å². The van der Waals surface area contributed by atoms with Crippen molar-refractivity contribution in [2.24, 2.45) is 5.92 Å². The molecule has 0 aliphatic carbocycles. The van der Waals surface area contributed by atoms with Crippen molar-refractivity contribution in [1.29, 1.82) is 0 Å². The van der Waals surface area contributed by atoms with Crippen LogP contribution in [0.5, 0.6) is 0 Å². The first kappa shape index (κ1) is 22.7. The second-order valence-corrected chi connectivity index (χ2v) is 9.67. The Morgan fingerprint density at radius 2 is 1.47 bits per heavy atom. The molecule has 0 bridgehead atoms. The molecule has 0 aromatic rings. The van der Waals surface area contributed by atoms with E-state index in [4.69, 9.17) is 4.43 Å². The molecule has 0 fully saturated rings. The maximum atomic E-state index is 5.94. The quantitative estimate of drug-likeness (QED) is 0.272. The first-order valence-electron chi connectivity index (χ1n) is 7.64. The molecule has 0 spiro atoms. The van der Waals surface area contributed by atoms with E-state index >= 15 is 0 Å². The van der Waals surface area contributed by atoms with Gasteiger partial charge in [0.1, 0.15) is 0 Å². The Kier molecular flexibility index (Phi) is 17.2. The molecule has 19 heavy (non-hydrogen) atoms. The Bertz CT molecular complexity index is 199. The van der Waals surface area contributed by atoms with Gasteiger partial charge in [-0.25, -0.2) is 0 Å². The molecule has 0 aliphatic heterocycles. The summed E-state index contributed by atoms with van der Waals surface area (Å²) in [5, 5.41) is 1.62. The van der Waals surface area contributed by atoms with Crippen LogP contribution in [0.25, 0.3) is 0 Å². The van der Waals surface area contributed by atoms with Gasteiger partial charge in [0.15, 0.2) is 9.76 Å². The van der Waals surface area contributed by atoms with Crippen molar-refractivity contribution in [3.8, 4) is 0 Å². The molecule has 0 heterocycles. The molecule has 0 aromatic carbocycles. The van der Waals surface area contributed by atoms with Gasteiger partial charge in [-0.1, -0.05) is 75.7 Å². The Morgan fingerprint density at radius 3 is 1.95 bits per heavy atom. The predicted octanol–water partition coefficient (Wildman–Crippen LogP) is 4.91. The maximum Gasteiger partial charge on any atom is 2.00 e. The first-order valence-corrected chi connectivity index (χ1v) is 10.0. The monoisotopic (exact) mass is 362 g/mol. The fourth-order valence-electron chi connectivity index (χ4n) is 1.68. The van der Waals surface area contributed by atoms with Crippen LogP contribution < -0.4 is 0 Å². The molecule has 0 aliphatic rings. The normalized spacial score (nSPS) is 12.3. The number of hydrogen-bond acceptors (Lipinski definition) is 1. The molecule has 0 N–H and O–H groups in total. The van der Waals surface area contributed by atoms with Crippen molar-refractivity contribution in [2.45, 2.75) is 77.7 Å². The molecular formula is C15H35BrMgOSi. The van der Waals surface area contributed by atoms with Crippen molar-refractivity contribution in [3.63, 3.8) is 0 Å². The number of hydrogen-bond donors (Lipinski definition) is 0. The summed E-state index contributed by atoms with van der Waals surface area (Å²) < 4.78 is 5.94. The van der Waals surface area contributed by atoms with E-state index in [1.165, 1.54) is 44.9 Å². The van der Waals surface area contributed by atoms with Crippen LogP contribution >= 0.6 is 15.9 Å². The van der Waals surface area contributed by atoms with E-state index in [9.17, 15) is 0 Å². The second kappa shape index (κ2) is 14.4. The Morgan fingerprint density at radius 1 is 1.00 bits per heavy atom. The molecule has 1 nitrogen and oxygen atoms in total. The van der Waals surface area contributed by atoms with E-state index < -0.39 is 0 Å². The van der Waals surface area contributed by atoms with E-state index in [1.807, 2.05) is 0 Å². The minimum Gasteiger partial charge on any atom is -1.00 e. The number of rotatable bonds is 12. The molecule has 0 rings (SSSR count). The molecule has 114 valence electrons. The zero-order chi connectivity index (χ0) is 13.9. The topological polar surface area (TPSA) is 9.23 Å². The number of alkyl halides is 1. The van der Waals surface area contributed by atoms with Crippen molar-refractivity contribution in [2.75, 3.05) is 11.9 Å². The fraction of sp³-hybridized carbons (Fsp3) is 1.00. The molecule has 4 heteroatoms. The van der Waals surface area contributed by atoms with Gasteiger partial charge in [0.05, 0.1) is 0 Å². The molecule has 0 saturated carbocycles.